The van der Waals surface area contributed by atoms with Gasteiger partial charge < -0.3 is 9.45 Å². The molecule has 1 amide bonds. The van der Waals surface area contributed by atoms with E-state index < -0.39 is 15.8 Å². The van der Waals surface area contributed by atoms with E-state index in [1.54, 1.807) is 35.3 Å². The van der Waals surface area contributed by atoms with Gasteiger partial charge in [0.05, 0.1) is 4.75 Å². The molecule has 5 heteroatoms. The number of allylic oxidation sites excluding steroid dienone is 5. The molecule has 1 rings (SSSR count). The molecule has 4 nitrogen and oxygen atoms in total. The number of carbonyl (C=O) groups is 1. The van der Waals surface area contributed by atoms with E-state index in [9.17, 15) is 13.6 Å². The Morgan fingerprint density at radius 3 is 2.30 bits per heavy atom. The Morgan fingerprint density at radius 2 is 1.90 bits per heavy atom. The van der Waals surface area contributed by atoms with Gasteiger partial charge in [-0.1, -0.05) is 43.5 Å². The van der Waals surface area contributed by atoms with Gasteiger partial charge >= 0.3 is 0 Å². The standard InChI is InChI=1S/C15H21NO3S/c1-4-6-8-14(7-5-2)15(20(18)19)9-11-16(12-10-15)13(3)17/h4-8H,1-2,9-12H2,3H3,(H,18,19)/b8-6-,14-7+. The molecule has 0 spiro atoms. The first-order valence-corrected chi connectivity index (χ1v) is 7.57. The van der Waals surface area contributed by atoms with Crippen molar-refractivity contribution in [1.82, 2.24) is 4.90 Å². The zero-order chi connectivity index (χ0) is 15.2. The number of likely N-dealkylation sites (tertiary alicyclic amines) is 1. The summed E-state index contributed by atoms with van der Waals surface area (Å²) in [5.41, 5.74) is 0.747. The van der Waals surface area contributed by atoms with Gasteiger partial charge in [-0.3, -0.25) is 4.79 Å². The molecule has 0 aliphatic carbocycles. The summed E-state index contributed by atoms with van der Waals surface area (Å²) in [6.45, 7) is 9.75. The van der Waals surface area contributed by atoms with Crippen molar-refractivity contribution >= 4 is 17.0 Å². The van der Waals surface area contributed by atoms with Gasteiger partial charge in [0.25, 0.3) is 0 Å². The minimum atomic E-state index is -2.01. The zero-order valence-electron chi connectivity index (χ0n) is 11.7. The van der Waals surface area contributed by atoms with Crippen molar-refractivity contribution in [3.8, 4) is 0 Å². The third kappa shape index (κ3) is 3.55. The second kappa shape index (κ2) is 7.36. The molecule has 1 fully saturated rings. The van der Waals surface area contributed by atoms with Crippen LogP contribution in [0.25, 0.3) is 0 Å². The van der Waals surface area contributed by atoms with Crippen LogP contribution in [0.5, 0.6) is 0 Å². The average molecular weight is 295 g/mol. The van der Waals surface area contributed by atoms with E-state index in [2.05, 4.69) is 13.2 Å². The van der Waals surface area contributed by atoms with E-state index in [0.717, 1.165) is 5.57 Å². The van der Waals surface area contributed by atoms with E-state index in [1.807, 2.05) is 0 Å². The van der Waals surface area contributed by atoms with Crippen LogP contribution in [0.3, 0.4) is 0 Å². The highest BCUT2D eigenvalue weighted by atomic mass is 32.2. The third-order valence-electron chi connectivity index (χ3n) is 3.59. The molecule has 1 aliphatic heterocycles. The second-order valence-corrected chi connectivity index (χ2v) is 5.98. The Hall–Kier alpha value is -1.46. The van der Waals surface area contributed by atoms with Gasteiger partial charge in [-0.05, 0) is 18.4 Å². The van der Waals surface area contributed by atoms with Crippen LogP contribution in [0.4, 0.5) is 0 Å². The lowest BCUT2D eigenvalue weighted by Gasteiger charge is -2.39. The van der Waals surface area contributed by atoms with Gasteiger partial charge in [0.1, 0.15) is 0 Å². The molecule has 20 heavy (non-hydrogen) atoms. The van der Waals surface area contributed by atoms with E-state index in [0.29, 0.717) is 25.9 Å². The fraction of sp³-hybridized carbons (Fsp3) is 0.400. The van der Waals surface area contributed by atoms with Crippen LogP contribution in [0, 0.1) is 0 Å². The third-order valence-corrected chi connectivity index (χ3v) is 4.90. The predicted molar refractivity (Wildman–Crippen MR) is 82.6 cm³/mol. The van der Waals surface area contributed by atoms with Gasteiger partial charge in [0.2, 0.25) is 5.91 Å². The molecule has 1 atom stereocenters. The maximum atomic E-state index is 11.9. The highest BCUT2D eigenvalue weighted by Crippen LogP contribution is 2.36. The highest BCUT2D eigenvalue weighted by Gasteiger charge is 2.42. The number of piperidine rings is 1. The van der Waals surface area contributed by atoms with Gasteiger partial charge in [0, 0.05) is 20.0 Å². The number of nitrogens with zero attached hydrogens (tertiary/aromatic N) is 1. The summed E-state index contributed by atoms with van der Waals surface area (Å²) in [6, 6.07) is 0. The van der Waals surface area contributed by atoms with Gasteiger partial charge in [-0.2, -0.15) is 0 Å². The Kier molecular flexibility index (Phi) is 6.10. The Bertz CT molecular complexity index is 472. The summed E-state index contributed by atoms with van der Waals surface area (Å²) >= 11 is -2.01. The lowest BCUT2D eigenvalue weighted by molar-refractivity contribution is -0.129. The Balaban J connectivity index is 3.10. The minimum Gasteiger partial charge on any atom is -0.343 e. The summed E-state index contributed by atoms with van der Waals surface area (Å²) in [6.07, 6.45) is 9.41. The van der Waals surface area contributed by atoms with Crippen LogP contribution in [0.2, 0.25) is 0 Å². The van der Waals surface area contributed by atoms with Crippen molar-refractivity contribution in [3.05, 3.63) is 49.1 Å². The van der Waals surface area contributed by atoms with E-state index in [4.69, 9.17) is 0 Å². The van der Waals surface area contributed by atoms with Crippen molar-refractivity contribution < 1.29 is 13.6 Å². The molecular formula is C15H21NO3S. The van der Waals surface area contributed by atoms with Gasteiger partial charge in [-0.25, -0.2) is 4.21 Å². The second-order valence-electron chi connectivity index (χ2n) is 4.70. The molecule has 0 aromatic heterocycles. The summed E-state index contributed by atoms with van der Waals surface area (Å²) < 4.78 is 20.8. The van der Waals surface area contributed by atoms with E-state index in [-0.39, 0.29) is 5.91 Å². The predicted octanol–water partition coefficient (Wildman–Crippen LogP) is 2.44. The van der Waals surface area contributed by atoms with Crippen LogP contribution in [-0.4, -0.2) is 37.4 Å². The quantitative estimate of drug-likeness (QED) is 0.626. The van der Waals surface area contributed by atoms with Crippen LogP contribution < -0.4 is 0 Å². The number of hydrogen-bond donors (Lipinski definition) is 1. The number of amides is 1. The molecule has 1 saturated heterocycles. The molecule has 0 radical (unpaired) electrons. The topological polar surface area (TPSA) is 57.6 Å². The average Bonchev–Trinajstić information content (AvgIpc) is 2.43. The van der Waals surface area contributed by atoms with Crippen molar-refractivity contribution in [1.29, 1.82) is 0 Å². The van der Waals surface area contributed by atoms with E-state index >= 15 is 0 Å². The first-order valence-electron chi connectivity index (χ1n) is 6.46. The molecule has 1 aliphatic rings. The molecule has 1 N–H and O–H groups in total. The van der Waals surface area contributed by atoms with Crippen molar-refractivity contribution in [2.45, 2.75) is 24.5 Å². The van der Waals surface area contributed by atoms with Crippen molar-refractivity contribution in [2.24, 2.45) is 0 Å². The van der Waals surface area contributed by atoms with Gasteiger partial charge in [-0.15, -0.1) is 0 Å². The molecule has 0 aromatic rings. The largest absolute Gasteiger partial charge is 0.343 e. The fourth-order valence-corrected chi connectivity index (χ4v) is 3.27. The first-order chi connectivity index (χ1) is 9.47. The van der Waals surface area contributed by atoms with Crippen molar-refractivity contribution in [2.75, 3.05) is 13.1 Å². The van der Waals surface area contributed by atoms with Crippen LogP contribution >= 0.6 is 0 Å². The van der Waals surface area contributed by atoms with Gasteiger partial charge in [0.15, 0.2) is 11.1 Å². The SMILES string of the molecule is C=C/C=C\C(=C/C=C)C1(S(=O)O)CCN(C(C)=O)CC1. The minimum absolute atomic E-state index is 0.00166. The number of hydrogen-bond acceptors (Lipinski definition) is 2. The summed E-state index contributed by atoms with van der Waals surface area (Å²) in [5, 5.41) is 0. The first kappa shape index (κ1) is 16.6. The molecule has 110 valence electrons. The molecule has 1 unspecified atom stereocenters. The number of rotatable bonds is 5. The highest BCUT2D eigenvalue weighted by molar-refractivity contribution is 7.81. The van der Waals surface area contributed by atoms with Crippen LogP contribution in [-0.2, 0) is 15.9 Å². The van der Waals surface area contributed by atoms with E-state index in [1.165, 1.54) is 6.92 Å². The molecule has 0 bridgehead atoms. The van der Waals surface area contributed by atoms with Crippen LogP contribution in [0.15, 0.2) is 49.1 Å². The zero-order valence-corrected chi connectivity index (χ0v) is 12.6. The lowest BCUT2D eigenvalue weighted by atomic mass is 9.87. The monoisotopic (exact) mass is 295 g/mol. The molecular weight excluding hydrogens is 274 g/mol. The normalized spacial score (nSPS) is 20.7. The maximum Gasteiger partial charge on any atom is 0.219 e. The summed E-state index contributed by atoms with van der Waals surface area (Å²) in [4.78, 5) is 13.1. The maximum absolute atomic E-state index is 11.9. The number of carbonyl (C=O) groups excluding carboxylic acids is 1. The Morgan fingerprint density at radius 1 is 1.30 bits per heavy atom. The van der Waals surface area contributed by atoms with Crippen LogP contribution in [0.1, 0.15) is 19.8 Å². The lowest BCUT2D eigenvalue weighted by Crippen LogP contribution is -2.49. The summed E-state index contributed by atoms with van der Waals surface area (Å²) in [5.74, 6) is -0.00166. The fourth-order valence-electron chi connectivity index (χ4n) is 2.40. The van der Waals surface area contributed by atoms with Crippen molar-refractivity contribution in [3.63, 3.8) is 0 Å². The summed E-state index contributed by atoms with van der Waals surface area (Å²) in [7, 11) is 0. The smallest absolute Gasteiger partial charge is 0.219 e. The molecule has 0 aromatic carbocycles. The molecule has 1 heterocycles. The Labute approximate surface area is 122 Å². The molecule has 0 saturated carbocycles.